The van der Waals surface area contributed by atoms with Crippen molar-refractivity contribution in [1.29, 1.82) is 0 Å². The molecule has 2 rings (SSSR count). The van der Waals surface area contributed by atoms with Gasteiger partial charge in [0.25, 0.3) is 5.91 Å². The van der Waals surface area contributed by atoms with Crippen LogP contribution in [0.2, 0.25) is 10.0 Å². The van der Waals surface area contributed by atoms with Crippen LogP contribution < -0.4 is 10.6 Å². The Morgan fingerprint density at radius 1 is 1.26 bits per heavy atom. The van der Waals surface area contributed by atoms with Gasteiger partial charge in [0.2, 0.25) is 0 Å². The number of halogens is 2. The summed E-state index contributed by atoms with van der Waals surface area (Å²) in [5.74, 6) is -0.241. The molecule has 1 amide bonds. The second-order valence-electron chi connectivity index (χ2n) is 4.75. The van der Waals surface area contributed by atoms with Crippen molar-refractivity contribution in [1.82, 2.24) is 10.3 Å². The van der Waals surface area contributed by atoms with E-state index in [0.717, 1.165) is 6.42 Å². The van der Waals surface area contributed by atoms with Gasteiger partial charge in [-0.05, 0) is 30.7 Å². The number of pyridine rings is 1. The number of aromatic nitrogens is 1. The number of benzene rings is 1. The predicted molar refractivity (Wildman–Crippen MR) is 92.8 cm³/mol. The SMILES string of the molecule is COCCCNC(=O)c1cc(Nc2c(Cl)cccc2Cl)ccn1. The standard InChI is InChI=1S/C16H17Cl2N3O2/c1-23-9-3-7-20-16(22)14-10-11(6-8-19-14)21-15-12(17)4-2-5-13(15)18/h2,4-6,8,10H,3,7,9H2,1H3,(H,19,21)(H,20,22). The number of anilines is 2. The first-order valence-electron chi connectivity index (χ1n) is 7.06. The minimum absolute atomic E-state index is 0.241. The van der Waals surface area contributed by atoms with Crippen LogP contribution in [0.15, 0.2) is 36.5 Å². The van der Waals surface area contributed by atoms with E-state index in [-0.39, 0.29) is 5.91 Å². The number of rotatable bonds is 7. The highest BCUT2D eigenvalue weighted by Gasteiger charge is 2.10. The summed E-state index contributed by atoms with van der Waals surface area (Å²) in [5, 5.41) is 6.89. The summed E-state index contributed by atoms with van der Waals surface area (Å²) in [7, 11) is 1.62. The molecule has 1 aromatic heterocycles. The number of para-hydroxylation sites is 1. The molecule has 2 aromatic rings. The molecule has 1 heterocycles. The lowest BCUT2D eigenvalue weighted by molar-refractivity contribution is 0.0943. The second kappa shape index (κ2) is 8.72. The van der Waals surface area contributed by atoms with E-state index in [1.54, 1.807) is 43.6 Å². The zero-order chi connectivity index (χ0) is 16.7. The van der Waals surface area contributed by atoms with Gasteiger partial charge in [-0.15, -0.1) is 0 Å². The normalized spacial score (nSPS) is 10.4. The van der Waals surface area contributed by atoms with Crippen molar-refractivity contribution in [2.45, 2.75) is 6.42 Å². The van der Waals surface area contributed by atoms with Gasteiger partial charge in [0.15, 0.2) is 0 Å². The number of ether oxygens (including phenoxy) is 1. The molecule has 2 N–H and O–H groups in total. The minimum Gasteiger partial charge on any atom is -0.385 e. The number of hydrogen-bond acceptors (Lipinski definition) is 4. The van der Waals surface area contributed by atoms with Crippen LogP contribution in [0.4, 0.5) is 11.4 Å². The van der Waals surface area contributed by atoms with Crippen molar-refractivity contribution in [3.63, 3.8) is 0 Å². The van der Waals surface area contributed by atoms with E-state index in [9.17, 15) is 4.79 Å². The molecule has 0 bridgehead atoms. The second-order valence-corrected chi connectivity index (χ2v) is 5.57. The molecular weight excluding hydrogens is 337 g/mol. The molecule has 0 aliphatic carbocycles. The number of amides is 1. The van der Waals surface area contributed by atoms with E-state index in [1.807, 2.05) is 0 Å². The Bertz CT molecular complexity index is 660. The number of methoxy groups -OCH3 is 1. The van der Waals surface area contributed by atoms with Crippen molar-refractivity contribution in [2.24, 2.45) is 0 Å². The highest BCUT2D eigenvalue weighted by molar-refractivity contribution is 6.39. The van der Waals surface area contributed by atoms with Crippen LogP contribution in [0.25, 0.3) is 0 Å². The number of carbonyl (C=O) groups is 1. The number of nitrogens with one attached hydrogen (secondary N) is 2. The summed E-state index contributed by atoms with van der Waals surface area (Å²) < 4.78 is 4.94. The Balaban J connectivity index is 2.06. The number of carbonyl (C=O) groups excluding carboxylic acids is 1. The average molecular weight is 354 g/mol. The van der Waals surface area contributed by atoms with Crippen LogP contribution in [-0.2, 0) is 4.74 Å². The smallest absolute Gasteiger partial charge is 0.269 e. The first kappa shape index (κ1) is 17.5. The molecule has 5 nitrogen and oxygen atoms in total. The molecular formula is C16H17Cl2N3O2. The summed E-state index contributed by atoms with van der Waals surface area (Å²) in [4.78, 5) is 16.1. The van der Waals surface area contributed by atoms with E-state index in [2.05, 4.69) is 15.6 Å². The van der Waals surface area contributed by atoms with Gasteiger partial charge in [0.1, 0.15) is 5.69 Å². The Morgan fingerprint density at radius 3 is 2.70 bits per heavy atom. The zero-order valence-electron chi connectivity index (χ0n) is 12.6. The molecule has 0 saturated heterocycles. The topological polar surface area (TPSA) is 63.2 Å². The van der Waals surface area contributed by atoms with Gasteiger partial charge in [-0.25, -0.2) is 0 Å². The molecule has 122 valence electrons. The number of hydrogen-bond donors (Lipinski definition) is 2. The van der Waals surface area contributed by atoms with Gasteiger partial charge < -0.3 is 15.4 Å². The Labute approximate surface area is 145 Å². The first-order valence-corrected chi connectivity index (χ1v) is 7.81. The molecule has 1 aromatic carbocycles. The van der Waals surface area contributed by atoms with Crippen molar-refractivity contribution >= 4 is 40.5 Å². The summed E-state index contributed by atoms with van der Waals surface area (Å²) in [6.45, 7) is 1.13. The van der Waals surface area contributed by atoms with E-state index < -0.39 is 0 Å². The molecule has 0 aliphatic rings. The number of nitrogens with zero attached hydrogens (tertiary/aromatic N) is 1. The van der Waals surface area contributed by atoms with E-state index in [1.165, 1.54) is 0 Å². The maximum atomic E-state index is 12.1. The zero-order valence-corrected chi connectivity index (χ0v) is 14.1. The van der Waals surface area contributed by atoms with E-state index in [4.69, 9.17) is 27.9 Å². The largest absolute Gasteiger partial charge is 0.385 e. The molecule has 0 saturated carbocycles. The molecule has 0 aliphatic heterocycles. The summed E-state index contributed by atoms with van der Waals surface area (Å²) in [5.41, 5.74) is 1.58. The quantitative estimate of drug-likeness (QED) is 0.741. The fourth-order valence-corrected chi connectivity index (χ4v) is 2.39. The van der Waals surface area contributed by atoms with Gasteiger partial charge in [-0.3, -0.25) is 9.78 Å². The Kier molecular flexibility index (Phi) is 6.65. The van der Waals surface area contributed by atoms with Crippen molar-refractivity contribution in [3.8, 4) is 0 Å². The maximum absolute atomic E-state index is 12.1. The summed E-state index contributed by atoms with van der Waals surface area (Å²) in [6, 6.07) is 8.62. The lowest BCUT2D eigenvalue weighted by atomic mass is 10.2. The fraction of sp³-hybridized carbons (Fsp3) is 0.250. The van der Waals surface area contributed by atoms with Crippen molar-refractivity contribution in [3.05, 3.63) is 52.3 Å². The molecule has 0 unspecified atom stereocenters. The lowest BCUT2D eigenvalue weighted by Gasteiger charge is -2.11. The molecule has 7 heteroatoms. The highest BCUT2D eigenvalue weighted by Crippen LogP contribution is 2.32. The van der Waals surface area contributed by atoms with Gasteiger partial charge >= 0.3 is 0 Å². The van der Waals surface area contributed by atoms with Crippen LogP contribution >= 0.6 is 23.2 Å². The van der Waals surface area contributed by atoms with E-state index in [0.29, 0.717) is 40.3 Å². The fourth-order valence-electron chi connectivity index (χ4n) is 1.90. The molecule has 23 heavy (non-hydrogen) atoms. The van der Waals surface area contributed by atoms with Gasteiger partial charge in [-0.1, -0.05) is 29.3 Å². The van der Waals surface area contributed by atoms with Gasteiger partial charge in [0.05, 0.1) is 15.7 Å². The van der Waals surface area contributed by atoms with Crippen molar-refractivity contribution in [2.75, 3.05) is 25.6 Å². The molecule has 0 radical (unpaired) electrons. The lowest BCUT2D eigenvalue weighted by Crippen LogP contribution is -2.26. The molecule has 0 spiro atoms. The van der Waals surface area contributed by atoms with Crippen LogP contribution in [0.1, 0.15) is 16.9 Å². The summed E-state index contributed by atoms with van der Waals surface area (Å²) >= 11 is 12.3. The van der Waals surface area contributed by atoms with Crippen LogP contribution in [0.3, 0.4) is 0 Å². The average Bonchev–Trinajstić information content (AvgIpc) is 2.55. The third-order valence-electron chi connectivity index (χ3n) is 3.04. The maximum Gasteiger partial charge on any atom is 0.269 e. The summed E-state index contributed by atoms with van der Waals surface area (Å²) in [6.07, 6.45) is 2.30. The first-order chi connectivity index (χ1) is 11.1. The van der Waals surface area contributed by atoms with Gasteiger partial charge in [-0.2, -0.15) is 0 Å². The van der Waals surface area contributed by atoms with Crippen LogP contribution in [0.5, 0.6) is 0 Å². The molecule has 0 fully saturated rings. The Hall–Kier alpha value is -1.82. The van der Waals surface area contributed by atoms with E-state index >= 15 is 0 Å². The van der Waals surface area contributed by atoms with Gasteiger partial charge in [0, 0.05) is 32.1 Å². The monoisotopic (exact) mass is 353 g/mol. The highest BCUT2D eigenvalue weighted by atomic mass is 35.5. The predicted octanol–water partition coefficient (Wildman–Crippen LogP) is 3.90. The van der Waals surface area contributed by atoms with Crippen molar-refractivity contribution < 1.29 is 9.53 Å². The Morgan fingerprint density at radius 2 is 2.00 bits per heavy atom. The molecule has 0 atom stereocenters. The van der Waals surface area contributed by atoms with Crippen LogP contribution in [-0.4, -0.2) is 31.2 Å². The third-order valence-corrected chi connectivity index (χ3v) is 3.67. The minimum atomic E-state index is -0.241. The van der Waals surface area contributed by atoms with Crippen LogP contribution in [0, 0.1) is 0 Å². The third kappa shape index (κ3) is 5.10.